The number of benzene rings is 1. The molecule has 0 aliphatic heterocycles. The molecule has 1 rings (SSSR count). The van der Waals surface area contributed by atoms with Crippen LogP contribution in [0.3, 0.4) is 0 Å². The minimum absolute atomic E-state index is 0.419. The summed E-state index contributed by atoms with van der Waals surface area (Å²) in [5, 5.41) is 2.54. The fourth-order valence-electron chi connectivity index (χ4n) is 1.36. The molecule has 18 heavy (non-hydrogen) atoms. The molecule has 0 bridgehead atoms. The van der Waals surface area contributed by atoms with Crippen LogP contribution in [0.2, 0.25) is 0 Å². The van der Waals surface area contributed by atoms with Crippen LogP contribution in [-0.2, 0) is 20.7 Å². The van der Waals surface area contributed by atoms with Crippen LogP contribution in [-0.4, -0.2) is 24.0 Å². The van der Waals surface area contributed by atoms with Gasteiger partial charge < -0.3 is 10.1 Å². The number of rotatable bonds is 3. The zero-order chi connectivity index (χ0) is 13.6. The van der Waals surface area contributed by atoms with Crippen molar-refractivity contribution in [2.75, 3.05) is 6.54 Å². The van der Waals surface area contributed by atoms with E-state index in [2.05, 4.69) is 5.32 Å². The molecule has 0 heterocycles. The first kappa shape index (κ1) is 14.2. The molecule has 4 nitrogen and oxygen atoms in total. The van der Waals surface area contributed by atoms with Crippen LogP contribution in [0.5, 0.6) is 0 Å². The molecule has 1 N–H and O–H groups in total. The Balaban J connectivity index is 2.31. The van der Waals surface area contributed by atoms with E-state index in [1.54, 1.807) is 20.8 Å². The number of carbonyl (C=O) groups excluding carboxylic acids is 2. The van der Waals surface area contributed by atoms with Crippen molar-refractivity contribution >= 4 is 11.9 Å². The molecule has 0 saturated heterocycles. The molecule has 0 radical (unpaired) electrons. The summed E-state index contributed by atoms with van der Waals surface area (Å²) < 4.78 is 4.95. The summed E-state index contributed by atoms with van der Waals surface area (Å²) in [5.41, 5.74) is 0.468. The molecular formula is C14H19NO3. The molecule has 0 aliphatic carbocycles. The molecule has 0 aromatic heterocycles. The molecule has 98 valence electrons. The summed E-state index contributed by atoms with van der Waals surface area (Å²) in [6, 6.07) is 9.75. The molecule has 0 atom stereocenters. The first-order chi connectivity index (χ1) is 8.38. The van der Waals surface area contributed by atoms with Crippen LogP contribution in [0.1, 0.15) is 26.3 Å². The molecule has 1 aromatic carbocycles. The maximum absolute atomic E-state index is 11.4. The second-order valence-corrected chi connectivity index (χ2v) is 4.99. The van der Waals surface area contributed by atoms with Crippen LogP contribution in [0, 0.1) is 0 Å². The fraction of sp³-hybridized carbons (Fsp3) is 0.429. The minimum atomic E-state index is -0.837. The van der Waals surface area contributed by atoms with Crippen molar-refractivity contribution in [2.45, 2.75) is 32.8 Å². The maximum Gasteiger partial charge on any atom is 0.397 e. The standard InChI is InChI=1S/C14H19NO3/c1-14(2,3)18-13(17)12(16)15-10-9-11-7-5-4-6-8-11/h4-8H,9-10H2,1-3H3,(H,15,16). The fourth-order valence-corrected chi connectivity index (χ4v) is 1.36. The number of nitrogens with one attached hydrogen (secondary N) is 1. The minimum Gasteiger partial charge on any atom is -0.453 e. The van der Waals surface area contributed by atoms with Crippen molar-refractivity contribution in [3.05, 3.63) is 35.9 Å². The third-order valence-corrected chi connectivity index (χ3v) is 2.13. The third kappa shape index (κ3) is 5.48. The lowest BCUT2D eigenvalue weighted by molar-refractivity contribution is -0.163. The van der Waals surface area contributed by atoms with Gasteiger partial charge in [-0.25, -0.2) is 4.79 Å². The van der Waals surface area contributed by atoms with E-state index in [9.17, 15) is 9.59 Å². The van der Waals surface area contributed by atoms with Gasteiger partial charge in [0, 0.05) is 6.54 Å². The zero-order valence-corrected chi connectivity index (χ0v) is 11.0. The van der Waals surface area contributed by atoms with E-state index in [0.29, 0.717) is 13.0 Å². The van der Waals surface area contributed by atoms with E-state index in [4.69, 9.17) is 4.74 Å². The van der Waals surface area contributed by atoms with E-state index in [-0.39, 0.29) is 0 Å². The number of esters is 1. The van der Waals surface area contributed by atoms with Crippen molar-refractivity contribution in [1.82, 2.24) is 5.32 Å². The predicted molar refractivity (Wildman–Crippen MR) is 69.0 cm³/mol. The average molecular weight is 249 g/mol. The van der Waals surface area contributed by atoms with Crippen molar-refractivity contribution in [3.63, 3.8) is 0 Å². The van der Waals surface area contributed by atoms with Gasteiger partial charge in [0.2, 0.25) is 0 Å². The number of hydrogen-bond acceptors (Lipinski definition) is 3. The summed E-state index contributed by atoms with van der Waals surface area (Å²) in [6.07, 6.45) is 0.690. The van der Waals surface area contributed by atoms with Crippen LogP contribution in [0.25, 0.3) is 0 Å². The highest BCUT2D eigenvalue weighted by Gasteiger charge is 2.22. The number of ether oxygens (including phenoxy) is 1. The van der Waals surface area contributed by atoms with Gasteiger partial charge in [-0.05, 0) is 32.8 Å². The highest BCUT2D eigenvalue weighted by molar-refractivity contribution is 6.32. The van der Waals surface area contributed by atoms with Crippen molar-refractivity contribution in [2.24, 2.45) is 0 Å². The van der Waals surface area contributed by atoms with E-state index in [1.807, 2.05) is 30.3 Å². The van der Waals surface area contributed by atoms with Gasteiger partial charge in [-0.15, -0.1) is 0 Å². The number of hydrogen-bond donors (Lipinski definition) is 1. The van der Waals surface area contributed by atoms with Gasteiger partial charge in [0.25, 0.3) is 0 Å². The molecule has 1 aromatic rings. The van der Waals surface area contributed by atoms with E-state index in [0.717, 1.165) is 5.56 Å². The highest BCUT2D eigenvalue weighted by atomic mass is 16.6. The van der Waals surface area contributed by atoms with Gasteiger partial charge in [0.05, 0.1) is 0 Å². The SMILES string of the molecule is CC(C)(C)OC(=O)C(=O)NCCc1ccccc1. The Morgan fingerprint density at radius 2 is 1.78 bits per heavy atom. The first-order valence-electron chi connectivity index (χ1n) is 5.93. The second-order valence-electron chi connectivity index (χ2n) is 4.99. The Hall–Kier alpha value is -1.84. The summed E-state index contributed by atoms with van der Waals surface area (Å²) in [4.78, 5) is 22.8. The van der Waals surface area contributed by atoms with Crippen molar-refractivity contribution < 1.29 is 14.3 Å². The van der Waals surface area contributed by atoms with E-state index < -0.39 is 17.5 Å². The van der Waals surface area contributed by atoms with Crippen LogP contribution >= 0.6 is 0 Å². The van der Waals surface area contributed by atoms with Crippen LogP contribution in [0.4, 0.5) is 0 Å². The Morgan fingerprint density at radius 3 is 2.33 bits per heavy atom. The molecule has 0 unspecified atom stereocenters. The normalized spacial score (nSPS) is 10.8. The van der Waals surface area contributed by atoms with Gasteiger partial charge in [0.1, 0.15) is 5.60 Å². The van der Waals surface area contributed by atoms with Crippen molar-refractivity contribution in [1.29, 1.82) is 0 Å². The Labute approximate surface area is 107 Å². The third-order valence-electron chi connectivity index (χ3n) is 2.13. The smallest absolute Gasteiger partial charge is 0.397 e. The molecule has 0 spiro atoms. The summed E-state index contributed by atoms with van der Waals surface area (Å²) >= 11 is 0. The van der Waals surface area contributed by atoms with E-state index in [1.165, 1.54) is 0 Å². The molecule has 4 heteroatoms. The quantitative estimate of drug-likeness (QED) is 0.655. The molecule has 0 saturated carbocycles. The van der Waals surface area contributed by atoms with Gasteiger partial charge in [0.15, 0.2) is 0 Å². The molecule has 0 aliphatic rings. The second kappa shape index (κ2) is 6.19. The molecule has 1 amide bonds. The van der Waals surface area contributed by atoms with Gasteiger partial charge in [-0.1, -0.05) is 30.3 Å². The molecule has 0 fully saturated rings. The van der Waals surface area contributed by atoms with Gasteiger partial charge >= 0.3 is 11.9 Å². The predicted octanol–water partition coefficient (Wildman–Crippen LogP) is 1.69. The Morgan fingerprint density at radius 1 is 1.17 bits per heavy atom. The van der Waals surface area contributed by atoms with Gasteiger partial charge in [-0.3, -0.25) is 4.79 Å². The lowest BCUT2D eigenvalue weighted by atomic mass is 10.1. The van der Waals surface area contributed by atoms with Crippen LogP contribution < -0.4 is 5.32 Å². The number of carbonyl (C=O) groups is 2. The Kier molecular flexibility index (Phi) is 4.89. The van der Waals surface area contributed by atoms with E-state index >= 15 is 0 Å². The monoisotopic (exact) mass is 249 g/mol. The lowest BCUT2D eigenvalue weighted by Crippen LogP contribution is -2.37. The lowest BCUT2D eigenvalue weighted by Gasteiger charge is -2.18. The average Bonchev–Trinajstić information content (AvgIpc) is 2.28. The zero-order valence-electron chi connectivity index (χ0n) is 11.0. The summed E-state index contributed by atoms with van der Waals surface area (Å²) in [5.74, 6) is -1.53. The molecular weight excluding hydrogens is 230 g/mol. The summed E-state index contributed by atoms with van der Waals surface area (Å²) in [6.45, 7) is 5.59. The van der Waals surface area contributed by atoms with Crippen molar-refractivity contribution in [3.8, 4) is 0 Å². The van der Waals surface area contributed by atoms with Gasteiger partial charge in [-0.2, -0.15) is 0 Å². The topological polar surface area (TPSA) is 55.4 Å². The van der Waals surface area contributed by atoms with Crippen LogP contribution in [0.15, 0.2) is 30.3 Å². The number of amides is 1. The first-order valence-corrected chi connectivity index (χ1v) is 5.93. The highest BCUT2D eigenvalue weighted by Crippen LogP contribution is 2.06. The maximum atomic E-state index is 11.4. The Bertz CT molecular complexity index is 407. The largest absolute Gasteiger partial charge is 0.453 e. The summed E-state index contributed by atoms with van der Waals surface area (Å²) in [7, 11) is 0.